The van der Waals surface area contributed by atoms with Gasteiger partial charge in [0, 0.05) is 12.1 Å². The van der Waals surface area contributed by atoms with E-state index < -0.39 is 76.9 Å². The molecule has 0 amide bonds. The Bertz CT molecular complexity index is 1220. The zero-order chi connectivity index (χ0) is 22.6. The molecule has 1 saturated heterocycles. The Balaban J connectivity index is 1.84. The topological polar surface area (TPSA) is 211 Å². The lowest BCUT2D eigenvalue weighted by molar-refractivity contribution is -0.277. The van der Waals surface area contributed by atoms with Gasteiger partial charge in [-0.25, -0.2) is 0 Å². The van der Waals surface area contributed by atoms with Crippen molar-refractivity contribution in [3.05, 3.63) is 28.4 Å². The van der Waals surface area contributed by atoms with Crippen molar-refractivity contribution in [2.75, 3.05) is 6.61 Å². The molecule has 8 N–H and O–H groups in total. The molecule has 1 aliphatic rings. The standard InChI is InChI=1S/C19H18O12/c20-4-11-14(25)16(27)17(28)19(30-11)31-18-8(23)3-10-12(15(18)26)13(24)5-1-6(21)7(22)2-9(5)29-10/h1-3,11,14,16-17,19-23,25-28H,4H2/t11-,14-,16+,17-,19+/m0/s1. The van der Waals surface area contributed by atoms with Crippen molar-refractivity contribution in [3.63, 3.8) is 0 Å². The van der Waals surface area contributed by atoms with Gasteiger partial charge in [0.25, 0.3) is 0 Å². The number of aliphatic hydroxyl groups excluding tert-OH is 4. The molecule has 0 aliphatic carbocycles. The number of ether oxygens (including phenoxy) is 2. The minimum atomic E-state index is -1.83. The second-order valence-corrected chi connectivity index (χ2v) is 7.03. The highest BCUT2D eigenvalue weighted by atomic mass is 16.7. The van der Waals surface area contributed by atoms with Gasteiger partial charge in [-0.3, -0.25) is 4.79 Å². The second-order valence-electron chi connectivity index (χ2n) is 7.03. The van der Waals surface area contributed by atoms with E-state index in [9.17, 15) is 45.6 Å². The van der Waals surface area contributed by atoms with Crippen LogP contribution in [0.3, 0.4) is 0 Å². The van der Waals surface area contributed by atoms with Gasteiger partial charge < -0.3 is 54.7 Å². The van der Waals surface area contributed by atoms with Gasteiger partial charge in [0.1, 0.15) is 41.0 Å². The van der Waals surface area contributed by atoms with Gasteiger partial charge in [-0.2, -0.15) is 0 Å². The summed E-state index contributed by atoms with van der Waals surface area (Å²) >= 11 is 0. The van der Waals surface area contributed by atoms with Crippen LogP contribution >= 0.6 is 0 Å². The van der Waals surface area contributed by atoms with Crippen molar-refractivity contribution in [3.8, 4) is 28.7 Å². The average molecular weight is 438 g/mol. The van der Waals surface area contributed by atoms with Crippen molar-refractivity contribution in [2.24, 2.45) is 0 Å². The van der Waals surface area contributed by atoms with E-state index in [0.717, 1.165) is 18.2 Å². The molecule has 2 heterocycles. The summed E-state index contributed by atoms with van der Waals surface area (Å²) in [5.74, 6) is -3.48. The maximum atomic E-state index is 12.8. The number of aromatic hydroxyl groups is 4. The van der Waals surface area contributed by atoms with E-state index in [1.54, 1.807) is 0 Å². The molecule has 0 unspecified atom stereocenters. The number of fused-ring (bicyclic) bond motifs is 2. The van der Waals surface area contributed by atoms with E-state index in [2.05, 4.69) is 0 Å². The number of hydrogen-bond donors (Lipinski definition) is 8. The number of hydrogen-bond acceptors (Lipinski definition) is 12. The Morgan fingerprint density at radius 1 is 0.871 bits per heavy atom. The molecule has 0 spiro atoms. The predicted molar refractivity (Wildman–Crippen MR) is 101 cm³/mol. The molecule has 4 rings (SSSR count). The van der Waals surface area contributed by atoms with Crippen LogP contribution in [0.2, 0.25) is 0 Å². The van der Waals surface area contributed by atoms with Gasteiger partial charge in [0.2, 0.25) is 17.5 Å². The minimum Gasteiger partial charge on any atom is -0.504 e. The molecule has 166 valence electrons. The predicted octanol–water partition coefficient (Wildman–Crippen LogP) is -1.05. The molecule has 0 radical (unpaired) electrons. The van der Waals surface area contributed by atoms with Crippen molar-refractivity contribution < 1.29 is 54.7 Å². The quantitative estimate of drug-likeness (QED) is 0.182. The van der Waals surface area contributed by atoms with Gasteiger partial charge in [-0.05, 0) is 6.07 Å². The van der Waals surface area contributed by atoms with Crippen molar-refractivity contribution in [2.45, 2.75) is 30.7 Å². The Hall–Kier alpha value is -3.29. The van der Waals surface area contributed by atoms with Gasteiger partial charge in [0.05, 0.1) is 12.0 Å². The van der Waals surface area contributed by atoms with Crippen LogP contribution in [0, 0.1) is 0 Å². The highest BCUT2D eigenvalue weighted by Crippen LogP contribution is 2.43. The normalized spacial score (nSPS) is 26.4. The van der Waals surface area contributed by atoms with Crippen molar-refractivity contribution >= 4 is 21.9 Å². The fraction of sp³-hybridized carbons (Fsp3) is 0.316. The summed E-state index contributed by atoms with van der Waals surface area (Å²) in [6.45, 7) is -0.730. The number of aliphatic hydroxyl groups is 4. The minimum absolute atomic E-state index is 0.130. The van der Waals surface area contributed by atoms with Crippen LogP contribution in [0.1, 0.15) is 0 Å². The van der Waals surface area contributed by atoms with Crippen LogP contribution in [0.5, 0.6) is 28.7 Å². The number of benzene rings is 2. The van der Waals surface area contributed by atoms with E-state index >= 15 is 0 Å². The molecule has 0 saturated carbocycles. The van der Waals surface area contributed by atoms with Gasteiger partial charge >= 0.3 is 0 Å². The third-order valence-electron chi connectivity index (χ3n) is 5.05. The van der Waals surface area contributed by atoms with Crippen molar-refractivity contribution in [1.29, 1.82) is 0 Å². The van der Waals surface area contributed by atoms with Gasteiger partial charge in [0.15, 0.2) is 23.0 Å². The summed E-state index contributed by atoms with van der Waals surface area (Å²) < 4.78 is 15.9. The SMILES string of the molecule is O=c1c2cc(O)c(O)cc2oc2cc(O)c(O[C@H]3O[C@@H](CO)[C@H](O)[C@@H](O)[C@@H]3O)c(O)c12. The van der Waals surface area contributed by atoms with Crippen LogP contribution < -0.4 is 10.2 Å². The molecule has 0 bridgehead atoms. The van der Waals surface area contributed by atoms with Gasteiger partial charge in [-0.15, -0.1) is 0 Å². The summed E-state index contributed by atoms with van der Waals surface area (Å²) in [6.07, 6.45) is -8.30. The molecule has 1 aromatic heterocycles. The molecule has 31 heavy (non-hydrogen) atoms. The number of phenolic OH excluding ortho intramolecular Hbond substituents is 4. The Morgan fingerprint density at radius 2 is 1.52 bits per heavy atom. The first kappa shape index (κ1) is 21.0. The largest absolute Gasteiger partial charge is 0.504 e. The van der Waals surface area contributed by atoms with E-state index in [1.165, 1.54) is 0 Å². The molecule has 1 fully saturated rings. The van der Waals surface area contributed by atoms with Crippen LogP contribution in [-0.4, -0.2) is 78.2 Å². The lowest BCUT2D eigenvalue weighted by atomic mass is 9.99. The van der Waals surface area contributed by atoms with Gasteiger partial charge in [-0.1, -0.05) is 0 Å². The molecule has 12 heteroatoms. The first-order valence-electron chi connectivity index (χ1n) is 8.98. The highest BCUT2D eigenvalue weighted by Gasteiger charge is 2.45. The van der Waals surface area contributed by atoms with E-state index in [4.69, 9.17) is 13.9 Å². The van der Waals surface area contributed by atoms with E-state index in [0.29, 0.717) is 0 Å². The van der Waals surface area contributed by atoms with Crippen LogP contribution in [0.25, 0.3) is 21.9 Å². The van der Waals surface area contributed by atoms with Crippen LogP contribution in [-0.2, 0) is 4.74 Å². The first-order valence-corrected chi connectivity index (χ1v) is 8.98. The molecule has 3 aromatic rings. The molecule has 2 aromatic carbocycles. The average Bonchev–Trinajstić information content (AvgIpc) is 2.72. The third-order valence-corrected chi connectivity index (χ3v) is 5.05. The monoisotopic (exact) mass is 438 g/mol. The third kappa shape index (κ3) is 3.26. The maximum absolute atomic E-state index is 12.8. The summed E-state index contributed by atoms with van der Waals surface area (Å²) in [7, 11) is 0. The lowest BCUT2D eigenvalue weighted by Gasteiger charge is -2.39. The summed E-state index contributed by atoms with van der Waals surface area (Å²) in [5.41, 5.74) is -1.24. The molecule has 5 atom stereocenters. The Morgan fingerprint density at radius 3 is 2.19 bits per heavy atom. The Kier molecular flexibility index (Phi) is 5.03. The Labute approximate surface area is 172 Å². The molecular weight excluding hydrogens is 420 g/mol. The number of phenols is 4. The molecule has 12 nitrogen and oxygen atoms in total. The first-order chi connectivity index (χ1) is 14.6. The summed E-state index contributed by atoms with van der Waals surface area (Å²) in [5, 5.41) is 78.5. The fourth-order valence-electron chi connectivity index (χ4n) is 3.38. The maximum Gasteiger partial charge on any atom is 0.229 e. The van der Waals surface area contributed by atoms with Crippen LogP contribution in [0.15, 0.2) is 27.4 Å². The van der Waals surface area contributed by atoms with Crippen LogP contribution in [0.4, 0.5) is 0 Å². The second kappa shape index (κ2) is 7.44. The molecule has 1 aliphatic heterocycles. The summed E-state index contributed by atoms with van der Waals surface area (Å²) in [6, 6.07) is 2.84. The highest BCUT2D eigenvalue weighted by molar-refractivity contribution is 5.96. The fourth-order valence-corrected chi connectivity index (χ4v) is 3.38. The summed E-state index contributed by atoms with van der Waals surface area (Å²) in [4.78, 5) is 12.8. The molecular formula is C19H18O12. The van der Waals surface area contributed by atoms with E-state index in [-0.39, 0.29) is 16.6 Å². The zero-order valence-electron chi connectivity index (χ0n) is 15.5. The van der Waals surface area contributed by atoms with Crippen molar-refractivity contribution in [1.82, 2.24) is 0 Å². The zero-order valence-corrected chi connectivity index (χ0v) is 15.5. The smallest absolute Gasteiger partial charge is 0.229 e. The van der Waals surface area contributed by atoms with E-state index in [1.807, 2.05) is 0 Å². The number of rotatable bonds is 3. The lowest BCUT2D eigenvalue weighted by Crippen LogP contribution is -2.60.